The Balaban J connectivity index is 2.18. The molecule has 0 aromatic heterocycles. The highest BCUT2D eigenvalue weighted by Crippen LogP contribution is 2.30. The van der Waals surface area contributed by atoms with Crippen LogP contribution in [0.25, 0.3) is 0 Å². The molecule has 37 heavy (non-hydrogen) atoms. The van der Waals surface area contributed by atoms with Crippen LogP contribution in [0.15, 0.2) is 53.0 Å². The van der Waals surface area contributed by atoms with E-state index in [0.29, 0.717) is 24.6 Å². The van der Waals surface area contributed by atoms with E-state index < -0.39 is 16.1 Å². The largest absolute Gasteiger partial charge is 0.492 e. The number of nitrogens with zero attached hydrogens (tertiary/aromatic N) is 2. The summed E-state index contributed by atoms with van der Waals surface area (Å²) >= 11 is 3.46. The number of hydrogen-bond acceptors (Lipinski definition) is 5. The summed E-state index contributed by atoms with van der Waals surface area (Å²) in [5.74, 6) is 0.0419. The molecule has 0 heterocycles. The Morgan fingerprint density at radius 3 is 2.46 bits per heavy atom. The van der Waals surface area contributed by atoms with E-state index in [-0.39, 0.29) is 37.7 Å². The fraction of sp³-hybridized carbons (Fsp3) is 0.481. The number of ether oxygens (including phenoxy) is 1. The molecule has 1 N–H and O–H groups in total. The summed E-state index contributed by atoms with van der Waals surface area (Å²) in [7, 11) is -3.61. The first-order valence-corrected chi connectivity index (χ1v) is 15.2. The maximum absolute atomic E-state index is 13.4. The van der Waals surface area contributed by atoms with Gasteiger partial charge >= 0.3 is 0 Å². The molecule has 0 fully saturated rings. The Bertz CT molecular complexity index is 1140. The molecule has 0 aliphatic rings. The number of benzene rings is 2. The van der Waals surface area contributed by atoms with Crippen molar-refractivity contribution in [2.75, 3.05) is 30.3 Å². The molecule has 2 aromatic rings. The Hall–Kier alpha value is -2.59. The number of halogens is 1. The van der Waals surface area contributed by atoms with Crippen molar-refractivity contribution >= 4 is 43.5 Å². The van der Waals surface area contributed by atoms with Crippen molar-refractivity contribution in [3.05, 3.63) is 58.6 Å². The lowest BCUT2D eigenvalue weighted by Gasteiger charge is -2.29. The van der Waals surface area contributed by atoms with Gasteiger partial charge in [0.05, 0.1) is 18.6 Å². The van der Waals surface area contributed by atoms with Gasteiger partial charge in [0.15, 0.2) is 0 Å². The van der Waals surface area contributed by atoms with Crippen LogP contribution in [0.4, 0.5) is 5.69 Å². The van der Waals surface area contributed by atoms with Gasteiger partial charge in [-0.25, -0.2) is 8.42 Å². The van der Waals surface area contributed by atoms with Gasteiger partial charge in [0.2, 0.25) is 21.8 Å². The zero-order valence-corrected chi connectivity index (χ0v) is 24.5. The van der Waals surface area contributed by atoms with Crippen molar-refractivity contribution in [2.24, 2.45) is 0 Å². The smallest absolute Gasteiger partial charge is 0.242 e. The molecule has 2 amide bonds. The van der Waals surface area contributed by atoms with Gasteiger partial charge in [0, 0.05) is 30.5 Å². The van der Waals surface area contributed by atoms with Crippen molar-refractivity contribution in [1.82, 2.24) is 10.2 Å². The van der Waals surface area contributed by atoms with Gasteiger partial charge in [-0.2, -0.15) is 0 Å². The van der Waals surface area contributed by atoms with Gasteiger partial charge in [-0.1, -0.05) is 53.5 Å². The average Bonchev–Trinajstić information content (AvgIpc) is 2.85. The summed E-state index contributed by atoms with van der Waals surface area (Å²) in [5, 5.41) is 2.91. The highest BCUT2D eigenvalue weighted by atomic mass is 79.9. The third-order valence-corrected chi connectivity index (χ3v) is 7.50. The SMILES string of the molecule is CCCCNC(=O)C(C)N(Cc1cccc(Br)c1)C(=O)CCCN(c1ccccc1OCC)S(C)(=O)=O. The summed E-state index contributed by atoms with van der Waals surface area (Å²) in [6.07, 6.45) is 3.33. The van der Waals surface area contributed by atoms with Gasteiger partial charge < -0.3 is 15.0 Å². The first-order chi connectivity index (χ1) is 17.6. The van der Waals surface area contributed by atoms with Crippen LogP contribution in [0.1, 0.15) is 52.0 Å². The Kier molecular flexibility index (Phi) is 12.4. The normalized spacial score (nSPS) is 12.0. The number of anilines is 1. The van der Waals surface area contributed by atoms with Crippen LogP contribution in [0.5, 0.6) is 5.75 Å². The van der Waals surface area contributed by atoms with Crippen LogP contribution in [-0.4, -0.2) is 57.1 Å². The van der Waals surface area contributed by atoms with E-state index in [2.05, 4.69) is 21.2 Å². The summed E-state index contributed by atoms with van der Waals surface area (Å²) in [6.45, 7) is 6.93. The lowest BCUT2D eigenvalue weighted by Crippen LogP contribution is -2.48. The van der Waals surface area contributed by atoms with Crippen LogP contribution < -0.4 is 14.4 Å². The molecule has 8 nitrogen and oxygen atoms in total. The van der Waals surface area contributed by atoms with Gasteiger partial charge in [-0.3, -0.25) is 13.9 Å². The number of unbranched alkanes of at least 4 members (excludes halogenated alkanes) is 1. The minimum Gasteiger partial charge on any atom is -0.492 e. The summed E-state index contributed by atoms with van der Waals surface area (Å²) in [4.78, 5) is 27.7. The van der Waals surface area contributed by atoms with Crippen molar-refractivity contribution in [1.29, 1.82) is 0 Å². The minimum absolute atomic E-state index is 0.0867. The number of sulfonamides is 1. The summed E-state index contributed by atoms with van der Waals surface area (Å²) in [6, 6.07) is 13.9. The molecule has 2 rings (SSSR count). The zero-order chi connectivity index (χ0) is 27.4. The van der Waals surface area contributed by atoms with E-state index in [1.165, 1.54) is 4.31 Å². The molecule has 1 atom stereocenters. The molecule has 1 unspecified atom stereocenters. The molecule has 0 bridgehead atoms. The highest BCUT2D eigenvalue weighted by molar-refractivity contribution is 9.10. The van der Waals surface area contributed by atoms with Crippen molar-refractivity contribution in [3.63, 3.8) is 0 Å². The second-order valence-corrected chi connectivity index (χ2v) is 11.6. The number of carbonyl (C=O) groups excluding carboxylic acids is 2. The molecule has 0 aliphatic carbocycles. The number of amides is 2. The summed E-state index contributed by atoms with van der Waals surface area (Å²) < 4.78 is 33.0. The average molecular weight is 597 g/mol. The van der Waals surface area contributed by atoms with E-state index in [0.717, 1.165) is 29.1 Å². The Morgan fingerprint density at radius 1 is 1.08 bits per heavy atom. The monoisotopic (exact) mass is 595 g/mol. The molecule has 0 saturated carbocycles. The third-order valence-electron chi connectivity index (χ3n) is 5.82. The number of carbonyl (C=O) groups is 2. The predicted molar refractivity (Wildman–Crippen MR) is 151 cm³/mol. The molecule has 0 radical (unpaired) electrons. The standard InChI is InChI=1S/C27H38BrN3O5S/c1-5-7-17-29-27(33)21(3)30(20-22-12-10-13-23(28)19-22)26(32)16-11-18-31(37(4,34)35)24-14-8-9-15-25(24)36-6-2/h8-10,12-15,19,21H,5-7,11,16-18,20H2,1-4H3,(H,29,33). The van der Waals surface area contributed by atoms with Gasteiger partial charge in [0.1, 0.15) is 11.8 Å². The number of para-hydroxylation sites is 2. The topological polar surface area (TPSA) is 96.0 Å². The van der Waals surface area contributed by atoms with Crippen molar-refractivity contribution in [2.45, 2.75) is 59.0 Å². The first kappa shape index (κ1) is 30.6. The molecule has 0 spiro atoms. The van der Waals surface area contributed by atoms with Crippen molar-refractivity contribution in [3.8, 4) is 5.75 Å². The molecule has 0 saturated heterocycles. The maximum atomic E-state index is 13.4. The molecule has 204 valence electrons. The van der Waals surface area contributed by atoms with E-state index >= 15 is 0 Å². The second kappa shape index (κ2) is 15.0. The van der Waals surface area contributed by atoms with Crippen molar-refractivity contribution < 1.29 is 22.7 Å². The van der Waals surface area contributed by atoms with Crippen LogP contribution in [0, 0.1) is 0 Å². The predicted octanol–water partition coefficient (Wildman–Crippen LogP) is 4.73. The van der Waals surface area contributed by atoms with Crippen LogP contribution in [-0.2, 0) is 26.2 Å². The molecule has 2 aromatic carbocycles. The van der Waals surface area contributed by atoms with Gasteiger partial charge in [0.25, 0.3) is 0 Å². The third kappa shape index (κ3) is 9.66. The zero-order valence-electron chi connectivity index (χ0n) is 22.1. The minimum atomic E-state index is -3.61. The molecule has 0 aliphatic heterocycles. The van der Waals surface area contributed by atoms with E-state index in [9.17, 15) is 18.0 Å². The van der Waals surface area contributed by atoms with Crippen LogP contribution in [0.3, 0.4) is 0 Å². The summed E-state index contributed by atoms with van der Waals surface area (Å²) in [5.41, 5.74) is 1.33. The van der Waals surface area contributed by atoms with Crippen LogP contribution in [0.2, 0.25) is 0 Å². The number of nitrogens with one attached hydrogen (secondary N) is 1. The fourth-order valence-electron chi connectivity index (χ4n) is 3.87. The van der Waals surface area contributed by atoms with Gasteiger partial charge in [-0.15, -0.1) is 0 Å². The molecular formula is C27H38BrN3O5S. The maximum Gasteiger partial charge on any atom is 0.242 e. The Labute approximate surface area is 229 Å². The number of hydrogen-bond donors (Lipinski definition) is 1. The lowest BCUT2D eigenvalue weighted by atomic mass is 10.1. The fourth-order valence-corrected chi connectivity index (χ4v) is 5.29. The van der Waals surface area contributed by atoms with E-state index in [1.807, 2.05) is 38.1 Å². The van der Waals surface area contributed by atoms with Gasteiger partial charge in [-0.05, 0) is 56.5 Å². The highest BCUT2D eigenvalue weighted by Gasteiger charge is 2.27. The van der Waals surface area contributed by atoms with E-state index in [4.69, 9.17) is 4.74 Å². The van der Waals surface area contributed by atoms with E-state index in [1.54, 1.807) is 36.1 Å². The second-order valence-electron chi connectivity index (χ2n) is 8.81. The quantitative estimate of drug-likeness (QED) is 0.300. The first-order valence-electron chi connectivity index (χ1n) is 12.6. The molecule has 10 heteroatoms. The Morgan fingerprint density at radius 2 is 1.81 bits per heavy atom. The number of rotatable bonds is 15. The van der Waals surface area contributed by atoms with Crippen LogP contribution >= 0.6 is 15.9 Å². The molecular weight excluding hydrogens is 558 g/mol. The lowest BCUT2D eigenvalue weighted by molar-refractivity contribution is -0.140.